The highest BCUT2D eigenvalue weighted by Gasteiger charge is 2.07. The zero-order chi connectivity index (χ0) is 13.8. The number of aryl methyl sites for hydroxylation is 1. The zero-order valence-corrected chi connectivity index (χ0v) is 10.4. The Morgan fingerprint density at radius 3 is 2.68 bits per heavy atom. The first-order valence-corrected chi connectivity index (χ1v) is 5.74. The smallest absolute Gasteiger partial charge is 0.255 e. The fourth-order valence-electron chi connectivity index (χ4n) is 1.70. The summed E-state index contributed by atoms with van der Waals surface area (Å²) in [5.74, 6) is 1.42. The zero-order valence-electron chi connectivity index (χ0n) is 10.4. The van der Waals surface area contributed by atoms with Crippen LogP contribution < -0.4 is 5.32 Å². The number of nitrogens with one attached hydrogen (secondary N) is 1. The minimum absolute atomic E-state index is 0.175. The van der Waals surface area contributed by atoms with Crippen LogP contribution in [0, 0.1) is 25.1 Å². The Labute approximate surface area is 111 Å². The lowest BCUT2D eigenvalue weighted by Gasteiger charge is -2.06. The maximum atomic E-state index is 13.5. The van der Waals surface area contributed by atoms with Crippen LogP contribution in [0.5, 0.6) is 0 Å². The highest BCUT2D eigenvalue weighted by molar-refractivity contribution is 6.04. The van der Waals surface area contributed by atoms with Crippen LogP contribution in [0.2, 0.25) is 0 Å². The van der Waals surface area contributed by atoms with E-state index in [1.807, 2.05) is 13.0 Å². The first-order valence-electron chi connectivity index (χ1n) is 5.74. The molecule has 2 rings (SSSR count). The summed E-state index contributed by atoms with van der Waals surface area (Å²) in [6.45, 7) is 1.90. The van der Waals surface area contributed by atoms with E-state index in [2.05, 4.69) is 11.2 Å². The fourth-order valence-corrected chi connectivity index (χ4v) is 1.70. The van der Waals surface area contributed by atoms with Gasteiger partial charge in [-0.25, -0.2) is 4.39 Å². The number of carbonyl (C=O) groups is 1. The van der Waals surface area contributed by atoms with E-state index in [0.29, 0.717) is 11.3 Å². The SMILES string of the molecule is C#Cc1ccc(NC(=O)c2cccc(C)c2)cc1F. The van der Waals surface area contributed by atoms with Gasteiger partial charge in [-0.15, -0.1) is 6.42 Å². The molecule has 0 spiro atoms. The predicted molar refractivity (Wildman–Crippen MR) is 73.5 cm³/mol. The maximum Gasteiger partial charge on any atom is 0.255 e. The molecule has 0 heterocycles. The molecule has 0 aliphatic heterocycles. The molecular weight excluding hydrogens is 241 g/mol. The van der Waals surface area contributed by atoms with E-state index >= 15 is 0 Å². The monoisotopic (exact) mass is 253 g/mol. The largest absolute Gasteiger partial charge is 0.322 e. The molecule has 1 N–H and O–H groups in total. The first kappa shape index (κ1) is 12.8. The molecule has 2 nitrogen and oxygen atoms in total. The average molecular weight is 253 g/mol. The Kier molecular flexibility index (Phi) is 3.63. The molecule has 0 aliphatic rings. The molecule has 0 aromatic heterocycles. The van der Waals surface area contributed by atoms with Crippen molar-refractivity contribution >= 4 is 11.6 Å². The van der Waals surface area contributed by atoms with E-state index in [0.717, 1.165) is 5.56 Å². The minimum Gasteiger partial charge on any atom is -0.322 e. The van der Waals surface area contributed by atoms with E-state index in [1.54, 1.807) is 24.3 Å². The molecule has 19 heavy (non-hydrogen) atoms. The van der Waals surface area contributed by atoms with Crippen LogP contribution in [0.25, 0.3) is 0 Å². The molecule has 0 bridgehead atoms. The molecule has 0 saturated heterocycles. The highest BCUT2D eigenvalue weighted by Crippen LogP contribution is 2.15. The number of benzene rings is 2. The summed E-state index contributed by atoms with van der Waals surface area (Å²) in [5.41, 5.74) is 2.07. The molecule has 0 atom stereocenters. The standard InChI is InChI=1S/C16H12FNO/c1-3-12-7-8-14(10-15(12)17)18-16(19)13-6-4-5-11(2)9-13/h1,4-10H,2H3,(H,18,19). The summed E-state index contributed by atoms with van der Waals surface area (Å²) in [4.78, 5) is 12.0. The Balaban J connectivity index is 2.20. The normalized spacial score (nSPS) is 9.74. The number of hydrogen-bond donors (Lipinski definition) is 1. The van der Waals surface area contributed by atoms with Gasteiger partial charge >= 0.3 is 0 Å². The summed E-state index contributed by atoms with van der Waals surface area (Å²) < 4.78 is 13.5. The Bertz CT molecular complexity index is 671. The number of halogens is 1. The molecule has 0 saturated carbocycles. The van der Waals surface area contributed by atoms with Gasteiger partial charge in [-0.3, -0.25) is 4.79 Å². The molecule has 0 fully saturated rings. The minimum atomic E-state index is -0.524. The van der Waals surface area contributed by atoms with E-state index in [9.17, 15) is 9.18 Å². The predicted octanol–water partition coefficient (Wildman–Crippen LogP) is 3.37. The summed E-state index contributed by atoms with van der Waals surface area (Å²) in [5, 5.41) is 2.63. The van der Waals surface area contributed by atoms with Crippen molar-refractivity contribution in [3.05, 3.63) is 65.0 Å². The van der Waals surface area contributed by atoms with Gasteiger partial charge in [-0.2, -0.15) is 0 Å². The Morgan fingerprint density at radius 1 is 1.26 bits per heavy atom. The van der Waals surface area contributed by atoms with Gasteiger partial charge in [0.25, 0.3) is 5.91 Å². The van der Waals surface area contributed by atoms with Crippen LogP contribution in [0.3, 0.4) is 0 Å². The van der Waals surface area contributed by atoms with Gasteiger partial charge in [0.05, 0.1) is 5.56 Å². The molecule has 1 amide bonds. The van der Waals surface area contributed by atoms with Crippen molar-refractivity contribution < 1.29 is 9.18 Å². The van der Waals surface area contributed by atoms with Crippen molar-refractivity contribution in [1.82, 2.24) is 0 Å². The van der Waals surface area contributed by atoms with Crippen molar-refractivity contribution in [2.45, 2.75) is 6.92 Å². The second-order valence-electron chi connectivity index (χ2n) is 4.16. The van der Waals surface area contributed by atoms with Gasteiger partial charge in [-0.1, -0.05) is 23.6 Å². The molecule has 94 valence electrons. The first-order chi connectivity index (χ1) is 9.10. The lowest BCUT2D eigenvalue weighted by Crippen LogP contribution is -2.12. The number of hydrogen-bond acceptors (Lipinski definition) is 1. The third-order valence-corrected chi connectivity index (χ3v) is 2.66. The van der Waals surface area contributed by atoms with E-state index in [1.165, 1.54) is 12.1 Å². The molecule has 2 aromatic carbocycles. The second kappa shape index (κ2) is 5.36. The van der Waals surface area contributed by atoms with Crippen LogP contribution in [-0.2, 0) is 0 Å². The van der Waals surface area contributed by atoms with Crippen molar-refractivity contribution in [3.63, 3.8) is 0 Å². The van der Waals surface area contributed by atoms with Crippen molar-refractivity contribution in [3.8, 4) is 12.3 Å². The summed E-state index contributed by atoms with van der Waals surface area (Å²) in [7, 11) is 0. The van der Waals surface area contributed by atoms with Gasteiger partial charge < -0.3 is 5.32 Å². The van der Waals surface area contributed by atoms with E-state index < -0.39 is 5.82 Å². The summed E-state index contributed by atoms with van der Waals surface area (Å²) >= 11 is 0. The Morgan fingerprint density at radius 2 is 2.05 bits per heavy atom. The van der Waals surface area contributed by atoms with Crippen LogP contribution in [-0.4, -0.2) is 5.91 Å². The van der Waals surface area contributed by atoms with Crippen molar-refractivity contribution in [1.29, 1.82) is 0 Å². The lowest BCUT2D eigenvalue weighted by molar-refractivity contribution is 0.102. The topological polar surface area (TPSA) is 29.1 Å². The third-order valence-electron chi connectivity index (χ3n) is 2.66. The van der Waals surface area contributed by atoms with E-state index in [-0.39, 0.29) is 11.5 Å². The lowest BCUT2D eigenvalue weighted by atomic mass is 10.1. The van der Waals surface area contributed by atoms with Gasteiger partial charge in [0.2, 0.25) is 0 Å². The number of carbonyl (C=O) groups excluding carboxylic acids is 1. The third kappa shape index (κ3) is 2.99. The van der Waals surface area contributed by atoms with Gasteiger partial charge in [0.1, 0.15) is 5.82 Å². The number of anilines is 1. The fraction of sp³-hybridized carbons (Fsp3) is 0.0625. The van der Waals surface area contributed by atoms with Crippen LogP contribution in [0.1, 0.15) is 21.5 Å². The average Bonchev–Trinajstić information content (AvgIpc) is 2.39. The van der Waals surface area contributed by atoms with Gasteiger partial charge in [0.15, 0.2) is 0 Å². The molecule has 0 unspecified atom stereocenters. The van der Waals surface area contributed by atoms with Gasteiger partial charge in [0, 0.05) is 11.3 Å². The molecule has 3 heteroatoms. The second-order valence-corrected chi connectivity index (χ2v) is 4.16. The molecular formula is C16H12FNO. The van der Waals surface area contributed by atoms with Crippen LogP contribution >= 0.6 is 0 Å². The Hall–Kier alpha value is -2.60. The van der Waals surface area contributed by atoms with Crippen LogP contribution in [0.4, 0.5) is 10.1 Å². The maximum absolute atomic E-state index is 13.5. The van der Waals surface area contributed by atoms with Crippen LogP contribution in [0.15, 0.2) is 42.5 Å². The number of terminal acetylenes is 1. The molecule has 2 aromatic rings. The van der Waals surface area contributed by atoms with Gasteiger partial charge in [-0.05, 0) is 37.3 Å². The number of rotatable bonds is 2. The van der Waals surface area contributed by atoms with Crippen molar-refractivity contribution in [2.75, 3.05) is 5.32 Å². The number of amides is 1. The highest BCUT2D eigenvalue weighted by atomic mass is 19.1. The quantitative estimate of drug-likeness (QED) is 0.817. The summed E-state index contributed by atoms with van der Waals surface area (Å²) in [6, 6.07) is 11.4. The molecule has 0 radical (unpaired) electrons. The van der Waals surface area contributed by atoms with E-state index in [4.69, 9.17) is 6.42 Å². The molecule has 0 aliphatic carbocycles. The summed E-state index contributed by atoms with van der Waals surface area (Å²) in [6.07, 6.45) is 5.13. The van der Waals surface area contributed by atoms with Crippen molar-refractivity contribution in [2.24, 2.45) is 0 Å².